The van der Waals surface area contributed by atoms with Crippen LogP contribution >= 0.6 is 0 Å². The van der Waals surface area contributed by atoms with Crippen molar-refractivity contribution < 1.29 is 0 Å². The molecular weight excluding hydrogens is 246 g/mol. The average molecular weight is 267 g/mol. The van der Waals surface area contributed by atoms with Crippen LogP contribution in [-0.4, -0.2) is 9.97 Å². The van der Waals surface area contributed by atoms with Crippen LogP contribution in [0.25, 0.3) is 11.3 Å². The van der Waals surface area contributed by atoms with Crippen molar-refractivity contribution >= 4 is 5.82 Å². The van der Waals surface area contributed by atoms with Gasteiger partial charge in [-0.2, -0.15) is 0 Å². The van der Waals surface area contributed by atoms with Crippen LogP contribution in [0, 0.1) is 0 Å². The fourth-order valence-electron chi connectivity index (χ4n) is 2.96. The smallest absolute Gasteiger partial charge is 0.134 e. The molecule has 3 rings (SSSR count). The van der Waals surface area contributed by atoms with E-state index in [0.717, 1.165) is 17.1 Å². The molecule has 104 valence electrons. The fraction of sp³-hybridized carbons (Fsp3) is 0.412. The molecule has 0 atom stereocenters. The first-order valence-electron chi connectivity index (χ1n) is 7.53. The molecule has 0 unspecified atom stereocenters. The number of benzene rings is 1. The van der Waals surface area contributed by atoms with E-state index in [4.69, 9.17) is 10.7 Å². The van der Waals surface area contributed by atoms with Crippen molar-refractivity contribution in [1.82, 2.24) is 9.97 Å². The Labute approximate surface area is 120 Å². The van der Waals surface area contributed by atoms with Crippen LogP contribution in [0.2, 0.25) is 0 Å². The minimum absolute atomic E-state index is 0.475. The number of nitrogen functional groups attached to an aromatic ring is 1. The minimum Gasteiger partial charge on any atom is -0.384 e. The molecule has 1 aromatic carbocycles. The molecule has 1 aromatic heterocycles. The number of hydrogen-bond acceptors (Lipinski definition) is 3. The summed E-state index contributed by atoms with van der Waals surface area (Å²) in [5.74, 6) is 1.99. The van der Waals surface area contributed by atoms with Crippen LogP contribution in [0.3, 0.4) is 0 Å². The molecule has 1 heterocycles. The van der Waals surface area contributed by atoms with Gasteiger partial charge in [-0.3, -0.25) is 0 Å². The van der Waals surface area contributed by atoms with Crippen molar-refractivity contribution in [1.29, 1.82) is 0 Å². The van der Waals surface area contributed by atoms with Gasteiger partial charge in [0.25, 0.3) is 0 Å². The molecular formula is C17H21N3. The molecule has 0 radical (unpaired) electrons. The van der Waals surface area contributed by atoms with Gasteiger partial charge in [-0.25, -0.2) is 9.97 Å². The molecule has 3 nitrogen and oxygen atoms in total. The molecule has 1 fully saturated rings. The zero-order valence-corrected chi connectivity index (χ0v) is 11.8. The molecule has 0 aliphatic heterocycles. The highest BCUT2D eigenvalue weighted by Crippen LogP contribution is 2.31. The van der Waals surface area contributed by atoms with Gasteiger partial charge in [0.1, 0.15) is 11.6 Å². The number of hydrogen-bond donors (Lipinski definition) is 1. The van der Waals surface area contributed by atoms with E-state index in [9.17, 15) is 0 Å². The topological polar surface area (TPSA) is 51.8 Å². The maximum atomic E-state index is 5.99. The van der Waals surface area contributed by atoms with Crippen molar-refractivity contribution in [2.75, 3.05) is 5.73 Å². The van der Waals surface area contributed by atoms with E-state index in [1.165, 1.54) is 38.5 Å². The van der Waals surface area contributed by atoms with Gasteiger partial charge in [-0.15, -0.1) is 0 Å². The monoisotopic (exact) mass is 267 g/mol. The summed E-state index contributed by atoms with van der Waals surface area (Å²) >= 11 is 0. The molecule has 2 aromatic rings. The first-order valence-corrected chi connectivity index (χ1v) is 7.53. The highest BCUT2D eigenvalue weighted by Gasteiger charge is 2.18. The summed E-state index contributed by atoms with van der Waals surface area (Å²) in [5.41, 5.74) is 8.04. The number of aromatic nitrogens is 2. The second kappa shape index (κ2) is 6.04. The van der Waals surface area contributed by atoms with E-state index in [-0.39, 0.29) is 0 Å². The summed E-state index contributed by atoms with van der Waals surface area (Å²) in [6.45, 7) is 0. The molecule has 0 bridgehead atoms. The molecule has 0 saturated heterocycles. The predicted molar refractivity (Wildman–Crippen MR) is 82.3 cm³/mol. The Balaban J connectivity index is 1.94. The van der Waals surface area contributed by atoms with E-state index in [2.05, 4.69) is 17.1 Å². The number of nitrogens with zero attached hydrogens (tertiary/aromatic N) is 2. The Morgan fingerprint density at radius 3 is 2.30 bits per heavy atom. The highest BCUT2D eigenvalue weighted by molar-refractivity contribution is 5.61. The summed E-state index contributed by atoms with van der Waals surface area (Å²) in [7, 11) is 0. The Morgan fingerprint density at radius 2 is 1.60 bits per heavy atom. The van der Waals surface area contributed by atoms with E-state index in [0.29, 0.717) is 11.7 Å². The lowest BCUT2D eigenvalue weighted by Crippen LogP contribution is -2.07. The van der Waals surface area contributed by atoms with Gasteiger partial charge in [-0.1, -0.05) is 56.0 Å². The van der Waals surface area contributed by atoms with E-state index >= 15 is 0 Å². The van der Waals surface area contributed by atoms with Crippen LogP contribution in [0.1, 0.15) is 50.3 Å². The molecule has 0 amide bonds. The average Bonchev–Trinajstić information content (AvgIpc) is 2.77. The third-order valence-corrected chi connectivity index (χ3v) is 4.05. The van der Waals surface area contributed by atoms with Gasteiger partial charge in [0.2, 0.25) is 0 Å². The van der Waals surface area contributed by atoms with E-state index in [1.807, 2.05) is 24.3 Å². The van der Waals surface area contributed by atoms with Crippen molar-refractivity contribution in [2.45, 2.75) is 44.4 Å². The number of nitrogens with two attached hydrogens (primary N) is 1. The Kier molecular flexibility index (Phi) is 3.95. The second-order valence-electron chi connectivity index (χ2n) is 5.59. The Morgan fingerprint density at radius 1 is 0.900 bits per heavy atom. The van der Waals surface area contributed by atoms with Crippen LogP contribution in [0.4, 0.5) is 5.82 Å². The third kappa shape index (κ3) is 2.98. The lowest BCUT2D eigenvalue weighted by Gasteiger charge is -2.14. The Bertz CT molecular complexity index is 558. The summed E-state index contributed by atoms with van der Waals surface area (Å²) in [5, 5.41) is 0. The molecule has 1 aliphatic carbocycles. The first kappa shape index (κ1) is 13.1. The van der Waals surface area contributed by atoms with Gasteiger partial charge in [0.05, 0.1) is 5.69 Å². The summed E-state index contributed by atoms with van der Waals surface area (Å²) in [6, 6.07) is 12.1. The first-order chi connectivity index (χ1) is 9.83. The summed E-state index contributed by atoms with van der Waals surface area (Å²) in [4.78, 5) is 9.27. The third-order valence-electron chi connectivity index (χ3n) is 4.05. The second-order valence-corrected chi connectivity index (χ2v) is 5.59. The van der Waals surface area contributed by atoms with Crippen LogP contribution in [-0.2, 0) is 0 Å². The van der Waals surface area contributed by atoms with Crippen molar-refractivity contribution in [3.63, 3.8) is 0 Å². The molecule has 20 heavy (non-hydrogen) atoms. The van der Waals surface area contributed by atoms with Crippen molar-refractivity contribution in [2.24, 2.45) is 0 Å². The Hall–Kier alpha value is -1.90. The highest BCUT2D eigenvalue weighted by atomic mass is 15.0. The predicted octanol–water partition coefficient (Wildman–Crippen LogP) is 4.16. The minimum atomic E-state index is 0.475. The number of anilines is 1. The SMILES string of the molecule is Nc1cc(-c2ccccc2)nc(C2CCCCCC2)n1. The molecule has 3 heteroatoms. The van der Waals surface area contributed by atoms with Crippen LogP contribution in [0.5, 0.6) is 0 Å². The van der Waals surface area contributed by atoms with Crippen molar-refractivity contribution in [3.8, 4) is 11.3 Å². The summed E-state index contributed by atoms with van der Waals surface area (Å²) < 4.78 is 0. The standard InChI is InChI=1S/C17H21N3/c18-16-12-15(13-8-6-3-7-9-13)19-17(20-16)14-10-4-1-2-5-11-14/h3,6-9,12,14H,1-2,4-5,10-11H2,(H2,18,19,20). The van der Waals surface area contributed by atoms with Gasteiger partial charge in [-0.05, 0) is 12.8 Å². The quantitative estimate of drug-likeness (QED) is 0.831. The van der Waals surface area contributed by atoms with Gasteiger partial charge in [0.15, 0.2) is 0 Å². The van der Waals surface area contributed by atoms with Crippen LogP contribution in [0.15, 0.2) is 36.4 Å². The zero-order valence-electron chi connectivity index (χ0n) is 11.8. The van der Waals surface area contributed by atoms with Crippen LogP contribution < -0.4 is 5.73 Å². The fourth-order valence-corrected chi connectivity index (χ4v) is 2.96. The number of rotatable bonds is 2. The van der Waals surface area contributed by atoms with E-state index in [1.54, 1.807) is 0 Å². The maximum Gasteiger partial charge on any atom is 0.134 e. The molecule has 1 saturated carbocycles. The van der Waals surface area contributed by atoms with Gasteiger partial charge < -0.3 is 5.73 Å². The lowest BCUT2D eigenvalue weighted by molar-refractivity contribution is 0.562. The lowest BCUT2D eigenvalue weighted by atomic mass is 9.99. The molecule has 2 N–H and O–H groups in total. The zero-order chi connectivity index (χ0) is 13.8. The molecule has 0 spiro atoms. The normalized spacial score (nSPS) is 16.8. The maximum absolute atomic E-state index is 5.99. The van der Waals surface area contributed by atoms with E-state index < -0.39 is 0 Å². The van der Waals surface area contributed by atoms with Crippen molar-refractivity contribution in [3.05, 3.63) is 42.2 Å². The largest absolute Gasteiger partial charge is 0.384 e. The molecule has 1 aliphatic rings. The summed E-state index contributed by atoms with van der Waals surface area (Å²) in [6.07, 6.45) is 7.62. The van der Waals surface area contributed by atoms with Gasteiger partial charge >= 0.3 is 0 Å². The van der Waals surface area contributed by atoms with Gasteiger partial charge in [0, 0.05) is 17.5 Å².